The van der Waals surface area contributed by atoms with Gasteiger partial charge in [0.25, 0.3) is 0 Å². The number of esters is 2. The third-order valence-electron chi connectivity index (χ3n) is 2.97. The molecular weight excluding hydrogens is 308 g/mol. The first kappa shape index (κ1) is 14.0. The molecule has 108 valence electrons. The molecule has 4 nitrogen and oxygen atoms in total. The van der Waals surface area contributed by atoms with Crippen LogP contribution < -0.4 is 0 Å². The smallest absolute Gasteiger partial charge is 0.347 e. The highest BCUT2D eigenvalue weighted by molar-refractivity contribution is 7.12. The summed E-state index contributed by atoms with van der Waals surface area (Å²) in [5.74, 6) is -0.959. The zero-order valence-corrected chi connectivity index (χ0v) is 12.6. The highest BCUT2D eigenvalue weighted by Crippen LogP contribution is 2.27. The fourth-order valence-electron chi connectivity index (χ4n) is 1.96. The minimum atomic E-state index is -0.788. The second-order valence-electron chi connectivity index (χ2n) is 4.40. The lowest BCUT2D eigenvalue weighted by Crippen LogP contribution is -2.23. The number of cyclic esters (lactones) is 1. The molecule has 2 aromatic heterocycles. The van der Waals surface area contributed by atoms with Crippen molar-refractivity contribution in [1.82, 2.24) is 0 Å². The number of ether oxygens (including phenoxy) is 2. The van der Waals surface area contributed by atoms with Crippen LogP contribution in [0.4, 0.5) is 0 Å². The molecule has 0 aromatic carbocycles. The Kier molecular flexibility index (Phi) is 4.17. The minimum Gasteiger partial charge on any atom is -0.463 e. The van der Waals surface area contributed by atoms with Gasteiger partial charge >= 0.3 is 11.9 Å². The van der Waals surface area contributed by atoms with Crippen molar-refractivity contribution in [3.63, 3.8) is 0 Å². The van der Waals surface area contributed by atoms with E-state index >= 15 is 0 Å². The summed E-state index contributed by atoms with van der Waals surface area (Å²) in [7, 11) is 0. The van der Waals surface area contributed by atoms with E-state index in [1.807, 2.05) is 35.0 Å². The van der Waals surface area contributed by atoms with Gasteiger partial charge in [-0.15, -0.1) is 22.7 Å². The van der Waals surface area contributed by atoms with Gasteiger partial charge in [-0.1, -0.05) is 12.1 Å². The molecule has 3 rings (SSSR count). The van der Waals surface area contributed by atoms with Gasteiger partial charge in [-0.3, -0.25) is 0 Å². The van der Waals surface area contributed by atoms with E-state index in [9.17, 15) is 9.59 Å². The molecule has 1 aliphatic heterocycles. The Morgan fingerprint density at radius 2 is 2.10 bits per heavy atom. The minimum absolute atomic E-state index is 0.305. The molecular formula is C15H12O4S2. The molecule has 0 amide bonds. The molecule has 1 saturated heterocycles. The molecule has 0 aliphatic carbocycles. The normalized spacial score (nSPS) is 18.6. The molecule has 1 fully saturated rings. The third kappa shape index (κ3) is 3.22. The maximum absolute atomic E-state index is 12.4. The standard InChI is InChI=1S/C15H12O4S2/c16-14(19-12-5-6-18-15(12)17)11(13-4-2-8-21-13)9-10-3-1-7-20-10/h1-4,7-9,12H,5-6H2/b11-9-/t12-/m0/s1. The summed E-state index contributed by atoms with van der Waals surface area (Å²) < 4.78 is 10.1. The van der Waals surface area contributed by atoms with Gasteiger partial charge in [0.1, 0.15) is 0 Å². The highest BCUT2D eigenvalue weighted by Gasteiger charge is 2.31. The maximum Gasteiger partial charge on any atom is 0.347 e. The predicted molar refractivity (Wildman–Crippen MR) is 82.0 cm³/mol. The average Bonchev–Trinajstić information content (AvgIpc) is 3.19. The number of carbonyl (C=O) groups is 2. The molecule has 21 heavy (non-hydrogen) atoms. The molecule has 1 atom stereocenters. The number of thiophene rings is 2. The van der Waals surface area contributed by atoms with Crippen LogP contribution in [0.1, 0.15) is 16.2 Å². The van der Waals surface area contributed by atoms with E-state index in [1.165, 1.54) is 22.7 Å². The van der Waals surface area contributed by atoms with Crippen molar-refractivity contribution in [3.05, 3.63) is 44.8 Å². The summed E-state index contributed by atoms with van der Waals surface area (Å²) in [6.07, 6.45) is 1.42. The van der Waals surface area contributed by atoms with E-state index in [0.717, 1.165) is 9.75 Å². The predicted octanol–water partition coefficient (Wildman–Crippen LogP) is 3.21. The molecule has 3 heterocycles. The van der Waals surface area contributed by atoms with Crippen LogP contribution in [0, 0.1) is 0 Å². The third-order valence-corrected chi connectivity index (χ3v) is 4.70. The Morgan fingerprint density at radius 1 is 1.29 bits per heavy atom. The topological polar surface area (TPSA) is 52.6 Å². The molecule has 2 aromatic rings. The molecule has 0 unspecified atom stereocenters. The van der Waals surface area contributed by atoms with E-state index in [-0.39, 0.29) is 0 Å². The molecule has 0 saturated carbocycles. The van der Waals surface area contributed by atoms with Crippen molar-refractivity contribution in [1.29, 1.82) is 0 Å². The molecule has 0 radical (unpaired) electrons. The van der Waals surface area contributed by atoms with Gasteiger partial charge in [-0.2, -0.15) is 0 Å². The van der Waals surface area contributed by atoms with Gasteiger partial charge in [-0.25, -0.2) is 9.59 Å². The van der Waals surface area contributed by atoms with Crippen LogP contribution in [-0.4, -0.2) is 24.6 Å². The summed E-state index contributed by atoms with van der Waals surface area (Å²) in [5, 5.41) is 3.84. The van der Waals surface area contributed by atoms with Crippen LogP contribution >= 0.6 is 22.7 Å². The summed E-state index contributed by atoms with van der Waals surface area (Å²) in [6.45, 7) is 0.305. The maximum atomic E-state index is 12.4. The fraction of sp³-hybridized carbons (Fsp3) is 0.200. The fourth-order valence-corrected chi connectivity index (χ4v) is 3.34. The van der Waals surface area contributed by atoms with E-state index in [1.54, 1.807) is 6.08 Å². The Morgan fingerprint density at radius 3 is 2.71 bits per heavy atom. The first-order valence-electron chi connectivity index (χ1n) is 6.41. The molecule has 0 spiro atoms. The average molecular weight is 320 g/mol. The summed E-state index contributed by atoms with van der Waals surface area (Å²) in [5.41, 5.74) is 0.465. The lowest BCUT2D eigenvalue weighted by Gasteiger charge is -2.10. The first-order chi connectivity index (χ1) is 10.2. The zero-order valence-electron chi connectivity index (χ0n) is 11.0. The SMILES string of the molecule is O=C(O[C@H]1CCOC1=O)/C(=C\c1cccs1)c1cccs1. The van der Waals surface area contributed by atoms with Crippen molar-refractivity contribution in [2.24, 2.45) is 0 Å². The van der Waals surface area contributed by atoms with Gasteiger partial charge < -0.3 is 9.47 Å². The van der Waals surface area contributed by atoms with Gasteiger partial charge in [0.15, 0.2) is 0 Å². The monoisotopic (exact) mass is 320 g/mol. The lowest BCUT2D eigenvalue weighted by molar-refractivity contribution is -0.156. The van der Waals surface area contributed by atoms with Crippen LogP contribution in [-0.2, 0) is 19.1 Å². The summed E-state index contributed by atoms with van der Waals surface area (Å²) in [6, 6.07) is 7.58. The number of hydrogen-bond acceptors (Lipinski definition) is 6. The number of carbonyl (C=O) groups excluding carboxylic acids is 2. The quantitative estimate of drug-likeness (QED) is 0.641. The van der Waals surface area contributed by atoms with Crippen LogP contribution in [0.2, 0.25) is 0 Å². The Hall–Kier alpha value is -1.92. The second kappa shape index (κ2) is 6.24. The largest absolute Gasteiger partial charge is 0.463 e. The van der Waals surface area contributed by atoms with Crippen LogP contribution in [0.15, 0.2) is 35.0 Å². The molecule has 6 heteroatoms. The van der Waals surface area contributed by atoms with Crippen molar-refractivity contribution in [2.45, 2.75) is 12.5 Å². The zero-order chi connectivity index (χ0) is 14.7. The van der Waals surface area contributed by atoms with Gasteiger partial charge in [0.05, 0.1) is 12.2 Å². The first-order valence-corrected chi connectivity index (χ1v) is 8.16. The van der Waals surface area contributed by atoms with Crippen molar-refractivity contribution < 1.29 is 19.1 Å². The molecule has 1 aliphatic rings. The Balaban J connectivity index is 1.85. The van der Waals surface area contributed by atoms with Gasteiger partial charge in [-0.05, 0) is 29.0 Å². The molecule has 0 bridgehead atoms. The van der Waals surface area contributed by atoms with Crippen LogP contribution in [0.5, 0.6) is 0 Å². The lowest BCUT2D eigenvalue weighted by atomic mass is 10.2. The Bertz CT molecular complexity index is 656. The summed E-state index contributed by atoms with van der Waals surface area (Å²) in [4.78, 5) is 25.6. The van der Waals surface area contributed by atoms with Crippen molar-refractivity contribution in [3.8, 4) is 0 Å². The van der Waals surface area contributed by atoms with Crippen molar-refractivity contribution >= 4 is 46.3 Å². The Labute approximate surface area is 129 Å². The van der Waals surface area contributed by atoms with E-state index < -0.39 is 18.0 Å². The van der Waals surface area contributed by atoms with E-state index in [2.05, 4.69) is 0 Å². The van der Waals surface area contributed by atoms with Crippen molar-refractivity contribution in [2.75, 3.05) is 6.61 Å². The van der Waals surface area contributed by atoms with Gasteiger partial charge in [0, 0.05) is 16.2 Å². The second-order valence-corrected chi connectivity index (χ2v) is 6.33. The number of hydrogen-bond donors (Lipinski definition) is 0. The van der Waals surface area contributed by atoms with E-state index in [0.29, 0.717) is 18.6 Å². The van der Waals surface area contributed by atoms with Gasteiger partial charge in [0.2, 0.25) is 6.10 Å². The van der Waals surface area contributed by atoms with E-state index in [4.69, 9.17) is 9.47 Å². The van der Waals surface area contributed by atoms with Crippen LogP contribution in [0.3, 0.4) is 0 Å². The molecule has 0 N–H and O–H groups in total. The number of rotatable bonds is 4. The highest BCUT2D eigenvalue weighted by atomic mass is 32.1. The summed E-state index contributed by atoms with van der Waals surface area (Å²) >= 11 is 3.00. The van der Waals surface area contributed by atoms with Crippen LogP contribution in [0.25, 0.3) is 11.6 Å².